The van der Waals surface area contributed by atoms with Gasteiger partial charge in [-0.05, 0) is 17.7 Å². The lowest BCUT2D eigenvalue weighted by molar-refractivity contribution is -0.139. The second kappa shape index (κ2) is 8.02. The first-order chi connectivity index (χ1) is 10.3. The highest BCUT2D eigenvalue weighted by molar-refractivity contribution is 5.83. The van der Waals surface area contributed by atoms with Crippen LogP contribution in [-0.2, 0) is 20.9 Å². The minimum atomic E-state index is -1.04. The van der Waals surface area contributed by atoms with Crippen molar-refractivity contribution in [2.75, 3.05) is 27.2 Å². The summed E-state index contributed by atoms with van der Waals surface area (Å²) in [5.41, 5.74) is 0.879. The van der Waals surface area contributed by atoms with E-state index >= 15 is 0 Å². The van der Waals surface area contributed by atoms with E-state index in [1.807, 2.05) is 0 Å². The summed E-state index contributed by atoms with van der Waals surface area (Å²) in [5.74, 6) is -0.911. The molecule has 7 nitrogen and oxygen atoms in total. The number of amides is 2. The van der Waals surface area contributed by atoms with Gasteiger partial charge in [-0.2, -0.15) is 0 Å². The molecule has 0 bridgehead atoms. The van der Waals surface area contributed by atoms with E-state index in [4.69, 9.17) is 9.84 Å². The molecule has 0 spiro atoms. The number of carboxylic acid groups (broad SMARTS) is 1. The minimum Gasteiger partial charge on any atom is -0.482 e. The molecule has 0 saturated heterocycles. The molecule has 1 N–H and O–H groups in total. The van der Waals surface area contributed by atoms with Gasteiger partial charge in [-0.3, -0.25) is 9.59 Å². The molecular weight excluding hydrogens is 288 g/mol. The number of ether oxygens (including phenoxy) is 1. The van der Waals surface area contributed by atoms with Gasteiger partial charge < -0.3 is 19.6 Å². The Morgan fingerprint density at radius 2 is 1.68 bits per heavy atom. The van der Waals surface area contributed by atoms with Crippen LogP contribution in [0.5, 0.6) is 5.75 Å². The Hall–Kier alpha value is -2.57. The Morgan fingerprint density at radius 3 is 2.18 bits per heavy atom. The number of carbonyl (C=O) groups is 3. The number of carboxylic acids is 1. The summed E-state index contributed by atoms with van der Waals surface area (Å²) in [6.45, 7) is 1.44. The van der Waals surface area contributed by atoms with Crippen molar-refractivity contribution in [2.45, 2.75) is 13.5 Å². The molecule has 0 radical (unpaired) electrons. The van der Waals surface area contributed by atoms with Crippen LogP contribution in [0.15, 0.2) is 24.3 Å². The van der Waals surface area contributed by atoms with Crippen LogP contribution >= 0.6 is 0 Å². The average molecular weight is 308 g/mol. The number of hydrogen-bond donors (Lipinski definition) is 1. The zero-order chi connectivity index (χ0) is 16.7. The molecule has 0 heterocycles. The highest BCUT2D eigenvalue weighted by atomic mass is 16.5. The molecule has 1 rings (SSSR count). The molecule has 0 unspecified atom stereocenters. The van der Waals surface area contributed by atoms with Gasteiger partial charge in [-0.15, -0.1) is 0 Å². The van der Waals surface area contributed by atoms with E-state index in [0.29, 0.717) is 12.3 Å². The van der Waals surface area contributed by atoms with Crippen LogP contribution < -0.4 is 4.74 Å². The van der Waals surface area contributed by atoms with Crippen molar-refractivity contribution < 1.29 is 24.2 Å². The Kier molecular flexibility index (Phi) is 6.37. The Balaban J connectivity index is 2.53. The third-order valence-corrected chi connectivity index (χ3v) is 3.04. The number of rotatable bonds is 7. The van der Waals surface area contributed by atoms with Crippen LogP contribution in [0.1, 0.15) is 12.5 Å². The van der Waals surface area contributed by atoms with Gasteiger partial charge in [0.05, 0.1) is 6.54 Å². The Morgan fingerprint density at radius 1 is 1.09 bits per heavy atom. The molecule has 0 fully saturated rings. The summed E-state index contributed by atoms with van der Waals surface area (Å²) in [4.78, 5) is 36.3. The van der Waals surface area contributed by atoms with Crippen molar-refractivity contribution in [1.29, 1.82) is 0 Å². The van der Waals surface area contributed by atoms with Gasteiger partial charge >= 0.3 is 5.97 Å². The average Bonchev–Trinajstić information content (AvgIpc) is 2.46. The summed E-state index contributed by atoms with van der Waals surface area (Å²) in [5, 5.41) is 8.52. The van der Waals surface area contributed by atoms with Crippen molar-refractivity contribution in [3.8, 4) is 5.75 Å². The van der Waals surface area contributed by atoms with Gasteiger partial charge in [0.15, 0.2) is 6.61 Å². The van der Waals surface area contributed by atoms with Crippen LogP contribution in [0, 0.1) is 0 Å². The van der Waals surface area contributed by atoms with E-state index in [9.17, 15) is 14.4 Å². The fraction of sp³-hybridized carbons (Fsp3) is 0.400. The summed E-state index contributed by atoms with van der Waals surface area (Å²) < 4.78 is 5.03. The number of benzene rings is 1. The van der Waals surface area contributed by atoms with Crippen molar-refractivity contribution in [3.63, 3.8) is 0 Å². The van der Waals surface area contributed by atoms with E-state index in [2.05, 4.69) is 0 Å². The molecule has 0 aliphatic heterocycles. The third-order valence-electron chi connectivity index (χ3n) is 3.04. The van der Waals surface area contributed by atoms with Crippen molar-refractivity contribution in [1.82, 2.24) is 9.80 Å². The fourth-order valence-electron chi connectivity index (χ4n) is 1.63. The highest BCUT2D eigenvalue weighted by Gasteiger charge is 2.13. The van der Waals surface area contributed by atoms with Gasteiger partial charge in [0.25, 0.3) is 0 Å². The molecule has 1 aromatic carbocycles. The van der Waals surface area contributed by atoms with Gasteiger partial charge in [0.1, 0.15) is 5.75 Å². The number of likely N-dealkylation sites (N-methyl/N-ethyl adjacent to an activating group) is 2. The third kappa shape index (κ3) is 5.82. The highest BCUT2D eigenvalue weighted by Crippen LogP contribution is 2.13. The maximum Gasteiger partial charge on any atom is 0.341 e. The number of carbonyl (C=O) groups excluding carboxylic acids is 2. The van der Waals surface area contributed by atoms with E-state index in [1.165, 1.54) is 16.7 Å². The number of aliphatic carboxylic acids is 1. The van der Waals surface area contributed by atoms with Crippen LogP contribution in [0.2, 0.25) is 0 Å². The number of nitrogens with zero attached hydrogens (tertiary/aromatic N) is 2. The zero-order valence-corrected chi connectivity index (χ0v) is 12.9. The topological polar surface area (TPSA) is 87.2 Å². The molecule has 0 aromatic heterocycles. The smallest absolute Gasteiger partial charge is 0.341 e. The lowest BCUT2D eigenvalue weighted by Gasteiger charge is -2.21. The van der Waals surface area contributed by atoms with Gasteiger partial charge in [0, 0.05) is 27.6 Å². The number of hydrogen-bond acceptors (Lipinski definition) is 4. The molecule has 0 saturated carbocycles. The maximum atomic E-state index is 11.9. The molecule has 22 heavy (non-hydrogen) atoms. The minimum absolute atomic E-state index is 0.0334. The molecule has 120 valence electrons. The summed E-state index contributed by atoms with van der Waals surface area (Å²) in [6, 6.07) is 6.82. The van der Waals surface area contributed by atoms with Crippen LogP contribution in [0.4, 0.5) is 0 Å². The quantitative estimate of drug-likeness (QED) is 0.796. The van der Waals surface area contributed by atoms with E-state index in [1.54, 1.807) is 38.4 Å². The van der Waals surface area contributed by atoms with E-state index in [0.717, 1.165) is 5.56 Å². The van der Waals surface area contributed by atoms with Gasteiger partial charge in [0.2, 0.25) is 11.8 Å². The molecule has 7 heteroatoms. The predicted octanol–water partition coefficient (Wildman–Crippen LogP) is 0.587. The molecule has 2 amide bonds. The van der Waals surface area contributed by atoms with Crippen LogP contribution in [0.3, 0.4) is 0 Å². The molecule has 0 aliphatic carbocycles. The first kappa shape index (κ1) is 17.5. The fourth-order valence-corrected chi connectivity index (χ4v) is 1.63. The molecular formula is C15H20N2O5. The van der Waals surface area contributed by atoms with Gasteiger partial charge in [-0.1, -0.05) is 12.1 Å². The Labute approximate surface area is 129 Å². The second-order valence-electron chi connectivity index (χ2n) is 4.95. The second-order valence-corrected chi connectivity index (χ2v) is 4.95. The molecule has 0 aliphatic rings. The van der Waals surface area contributed by atoms with Crippen molar-refractivity contribution in [3.05, 3.63) is 29.8 Å². The lowest BCUT2D eigenvalue weighted by atomic mass is 10.2. The maximum absolute atomic E-state index is 11.9. The van der Waals surface area contributed by atoms with E-state index < -0.39 is 12.6 Å². The standard InChI is InChI=1S/C15H20N2O5/c1-11(18)16(2)9-14(19)17(3)8-12-4-6-13(7-5-12)22-10-15(20)21/h4-7H,8-10H2,1-3H3,(H,20,21). The summed E-state index contributed by atoms with van der Waals surface area (Å²) in [7, 11) is 3.23. The SMILES string of the molecule is CC(=O)N(C)CC(=O)N(C)Cc1ccc(OCC(=O)O)cc1. The first-order valence-corrected chi connectivity index (χ1v) is 6.68. The largest absolute Gasteiger partial charge is 0.482 e. The summed E-state index contributed by atoms with van der Waals surface area (Å²) >= 11 is 0. The Bertz CT molecular complexity index is 541. The van der Waals surface area contributed by atoms with Crippen molar-refractivity contribution in [2.24, 2.45) is 0 Å². The van der Waals surface area contributed by atoms with Crippen LogP contribution in [0.25, 0.3) is 0 Å². The monoisotopic (exact) mass is 308 g/mol. The van der Waals surface area contributed by atoms with Crippen LogP contribution in [-0.4, -0.2) is 59.9 Å². The lowest BCUT2D eigenvalue weighted by Crippen LogP contribution is -2.38. The predicted molar refractivity (Wildman–Crippen MR) is 79.4 cm³/mol. The van der Waals surface area contributed by atoms with E-state index in [-0.39, 0.29) is 18.4 Å². The van der Waals surface area contributed by atoms with Crippen molar-refractivity contribution >= 4 is 17.8 Å². The molecule has 0 atom stereocenters. The normalized spacial score (nSPS) is 9.95. The molecule has 1 aromatic rings. The summed E-state index contributed by atoms with van der Waals surface area (Å²) in [6.07, 6.45) is 0. The first-order valence-electron chi connectivity index (χ1n) is 6.68. The zero-order valence-electron chi connectivity index (χ0n) is 12.9. The van der Waals surface area contributed by atoms with Gasteiger partial charge in [-0.25, -0.2) is 4.79 Å².